The van der Waals surface area contributed by atoms with Gasteiger partial charge in [0.15, 0.2) is 5.82 Å². The molecule has 0 saturated heterocycles. The van der Waals surface area contributed by atoms with Gasteiger partial charge < -0.3 is 20.5 Å². The highest BCUT2D eigenvalue weighted by Crippen LogP contribution is 2.32. The number of nitrogens with one attached hydrogen (secondary N) is 1. The summed E-state index contributed by atoms with van der Waals surface area (Å²) in [6.07, 6.45) is 1.36. The number of hydrogen-bond donors (Lipinski definition) is 2. The van der Waals surface area contributed by atoms with Crippen LogP contribution in [0.2, 0.25) is 5.02 Å². The Kier molecular flexibility index (Phi) is 7.31. The van der Waals surface area contributed by atoms with Crippen molar-refractivity contribution >= 4 is 39.9 Å². The molecule has 0 spiro atoms. The van der Waals surface area contributed by atoms with Crippen molar-refractivity contribution < 1.29 is 20.0 Å². The second-order valence-electron chi connectivity index (χ2n) is 7.09. The van der Waals surface area contributed by atoms with Crippen LogP contribution in [0.5, 0.6) is 5.75 Å². The van der Waals surface area contributed by atoms with E-state index in [1.807, 2.05) is 0 Å². The highest BCUT2D eigenvalue weighted by Gasteiger charge is 2.19. The molecule has 2 aromatic carbocycles. The second-order valence-corrected chi connectivity index (χ2v) is 7.50. The lowest BCUT2D eigenvalue weighted by Crippen LogP contribution is -2.39. The van der Waals surface area contributed by atoms with Crippen molar-refractivity contribution in [3.63, 3.8) is 0 Å². The van der Waals surface area contributed by atoms with E-state index in [1.54, 1.807) is 43.2 Å². The van der Waals surface area contributed by atoms with Gasteiger partial charge in [-0.3, -0.25) is 9.69 Å². The van der Waals surface area contributed by atoms with Crippen LogP contribution in [0.3, 0.4) is 0 Å². The zero-order chi connectivity index (χ0) is 24.0. The molecule has 0 saturated carbocycles. The first-order valence-corrected chi connectivity index (χ1v) is 10.2. The van der Waals surface area contributed by atoms with Crippen LogP contribution in [0.15, 0.2) is 36.7 Å². The number of fused-ring (bicyclic) bond motifs is 1. The molecular weight excluding hydrogens is 437 g/mol. The number of likely N-dealkylation sites (N-methyl/N-ethyl adjacent to an activating group) is 1. The summed E-state index contributed by atoms with van der Waals surface area (Å²) in [5.41, 5.74) is 6.85. The standard InChI is InChI=1S/C22H25ClFN5O3/c1-13(21(25)30)29(2)11-14-9-15-18(10-19(14)32-8-7-31-3)26-12-27-22(15)28-17-6-4-5-16(23)20(17)24/h4-6,9-10,12-13H,7-8,11H2,1-3H3,(H2,25,30)(H,26,27,28)/t13-/m0/s1/i2D. The van der Waals surface area contributed by atoms with Gasteiger partial charge in [0.05, 0.1) is 28.9 Å². The zero-order valence-electron chi connectivity index (χ0n) is 18.8. The van der Waals surface area contributed by atoms with Crippen LogP contribution in [-0.4, -0.2) is 54.2 Å². The molecule has 1 aromatic heterocycles. The number of benzene rings is 2. The van der Waals surface area contributed by atoms with E-state index in [0.717, 1.165) is 0 Å². The van der Waals surface area contributed by atoms with Crippen LogP contribution >= 0.6 is 11.6 Å². The SMILES string of the molecule is [2H]CN(Cc1cc2c(Nc3cccc(Cl)c3F)ncnc2cc1OCCOC)[C@@H](C)C(N)=O. The summed E-state index contributed by atoms with van der Waals surface area (Å²) in [6.45, 7) is 2.53. The van der Waals surface area contributed by atoms with Gasteiger partial charge in [-0.1, -0.05) is 17.7 Å². The Morgan fingerprint density at radius 2 is 2.19 bits per heavy atom. The van der Waals surface area contributed by atoms with Crippen molar-refractivity contribution in [2.45, 2.75) is 19.5 Å². The number of ether oxygens (including phenoxy) is 2. The smallest absolute Gasteiger partial charge is 0.234 e. The third-order valence-electron chi connectivity index (χ3n) is 4.90. The summed E-state index contributed by atoms with van der Waals surface area (Å²) in [5, 5.41) is 3.55. The van der Waals surface area contributed by atoms with Gasteiger partial charge in [0.25, 0.3) is 0 Å². The predicted octanol–water partition coefficient (Wildman–Crippen LogP) is 3.50. The molecule has 0 unspecified atom stereocenters. The molecule has 0 aliphatic heterocycles. The fourth-order valence-electron chi connectivity index (χ4n) is 2.98. The van der Waals surface area contributed by atoms with Gasteiger partial charge in [-0.05, 0) is 32.1 Å². The molecule has 10 heteroatoms. The maximum absolute atomic E-state index is 14.4. The predicted molar refractivity (Wildman–Crippen MR) is 122 cm³/mol. The third kappa shape index (κ3) is 5.42. The topological polar surface area (TPSA) is 103 Å². The third-order valence-corrected chi connectivity index (χ3v) is 5.19. The van der Waals surface area contributed by atoms with Crippen LogP contribution in [0, 0.1) is 5.82 Å². The molecule has 1 atom stereocenters. The number of nitrogens with two attached hydrogens (primary N) is 1. The van der Waals surface area contributed by atoms with Gasteiger partial charge in [-0.2, -0.15) is 0 Å². The average molecular weight is 463 g/mol. The molecule has 32 heavy (non-hydrogen) atoms. The Morgan fingerprint density at radius 3 is 2.91 bits per heavy atom. The van der Waals surface area contributed by atoms with Crippen molar-refractivity contribution in [3.8, 4) is 5.75 Å². The number of aromatic nitrogens is 2. The fourth-order valence-corrected chi connectivity index (χ4v) is 3.16. The first kappa shape index (κ1) is 22.2. The van der Waals surface area contributed by atoms with Crippen LogP contribution in [0.1, 0.15) is 13.9 Å². The maximum atomic E-state index is 14.4. The van der Waals surface area contributed by atoms with E-state index in [2.05, 4.69) is 15.3 Å². The summed E-state index contributed by atoms with van der Waals surface area (Å²) in [5.74, 6) is -0.243. The molecular formula is C22H25ClFN5O3. The normalized spacial score (nSPS) is 12.6. The number of anilines is 2. The number of methoxy groups -OCH3 is 1. The Balaban J connectivity index is 2.05. The number of nitrogens with zero attached hydrogens (tertiary/aromatic N) is 3. The maximum Gasteiger partial charge on any atom is 0.234 e. The van der Waals surface area contributed by atoms with Gasteiger partial charge in [0.2, 0.25) is 5.91 Å². The lowest BCUT2D eigenvalue weighted by atomic mass is 10.1. The van der Waals surface area contributed by atoms with Crippen LogP contribution in [-0.2, 0) is 16.1 Å². The Hall–Kier alpha value is -3.01. The largest absolute Gasteiger partial charge is 0.491 e. The number of primary amides is 1. The first-order valence-electron chi connectivity index (χ1n) is 10.5. The highest BCUT2D eigenvalue weighted by molar-refractivity contribution is 6.31. The van der Waals surface area contributed by atoms with Gasteiger partial charge in [0, 0.05) is 32.0 Å². The molecule has 0 aliphatic rings. The van der Waals surface area contributed by atoms with Gasteiger partial charge in [0.1, 0.15) is 24.5 Å². The number of halogens is 2. The van der Waals surface area contributed by atoms with E-state index in [4.69, 9.17) is 28.2 Å². The minimum absolute atomic E-state index is 0.0144. The number of amides is 1. The van der Waals surface area contributed by atoms with Crippen molar-refractivity contribution in [1.82, 2.24) is 14.9 Å². The van der Waals surface area contributed by atoms with Crippen molar-refractivity contribution in [2.75, 3.05) is 32.7 Å². The molecule has 3 aromatic rings. The molecule has 0 radical (unpaired) electrons. The summed E-state index contributed by atoms with van der Waals surface area (Å²) < 4.78 is 33.2. The molecule has 170 valence electrons. The Morgan fingerprint density at radius 1 is 1.38 bits per heavy atom. The highest BCUT2D eigenvalue weighted by atomic mass is 35.5. The lowest BCUT2D eigenvalue weighted by Gasteiger charge is -2.23. The second kappa shape index (κ2) is 10.5. The summed E-state index contributed by atoms with van der Waals surface area (Å²) >= 11 is 5.90. The molecule has 3 rings (SSSR count). The van der Waals surface area contributed by atoms with E-state index < -0.39 is 17.8 Å². The monoisotopic (exact) mass is 462 g/mol. The van der Waals surface area contributed by atoms with Gasteiger partial charge in [-0.25, -0.2) is 14.4 Å². The first-order chi connectivity index (χ1) is 15.8. The van der Waals surface area contributed by atoms with Gasteiger partial charge >= 0.3 is 0 Å². The molecule has 1 heterocycles. The summed E-state index contributed by atoms with van der Waals surface area (Å²) in [7, 11) is 1.42. The summed E-state index contributed by atoms with van der Waals surface area (Å²) in [4.78, 5) is 21.9. The number of carbonyl (C=O) groups excluding carboxylic acids is 1. The van der Waals surface area contributed by atoms with E-state index in [-0.39, 0.29) is 24.3 Å². The van der Waals surface area contributed by atoms with Crippen LogP contribution in [0.4, 0.5) is 15.9 Å². The minimum Gasteiger partial charge on any atom is -0.491 e. The zero-order valence-corrected chi connectivity index (χ0v) is 18.5. The van der Waals surface area contributed by atoms with E-state index in [0.29, 0.717) is 41.2 Å². The van der Waals surface area contributed by atoms with Crippen molar-refractivity contribution in [1.29, 1.82) is 0 Å². The van der Waals surface area contributed by atoms with Crippen LogP contribution in [0.25, 0.3) is 10.9 Å². The Labute approximate surface area is 191 Å². The molecule has 8 nitrogen and oxygen atoms in total. The van der Waals surface area contributed by atoms with E-state index in [9.17, 15) is 9.18 Å². The van der Waals surface area contributed by atoms with Gasteiger partial charge in [-0.15, -0.1) is 0 Å². The Bertz CT molecular complexity index is 1140. The average Bonchev–Trinajstić information content (AvgIpc) is 2.80. The minimum atomic E-state index is -0.657. The molecule has 3 N–H and O–H groups in total. The quantitative estimate of drug-likeness (QED) is 0.444. The van der Waals surface area contributed by atoms with Crippen molar-refractivity contribution in [2.24, 2.45) is 5.73 Å². The fraction of sp³-hybridized carbons (Fsp3) is 0.318. The number of hydrogen-bond acceptors (Lipinski definition) is 7. The lowest BCUT2D eigenvalue weighted by molar-refractivity contribution is -0.122. The molecule has 0 bridgehead atoms. The molecule has 1 amide bonds. The number of rotatable bonds is 10. The van der Waals surface area contributed by atoms with Crippen LogP contribution < -0.4 is 15.8 Å². The number of carbonyl (C=O) groups is 1. The van der Waals surface area contributed by atoms with Crippen molar-refractivity contribution in [3.05, 3.63) is 53.1 Å². The molecule has 0 fully saturated rings. The van der Waals surface area contributed by atoms with E-state index in [1.165, 1.54) is 12.4 Å². The molecule has 0 aliphatic carbocycles. The summed E-state index contributed by atoms with van der Waals surface area (Å²) in [6, 6.07) is 7.50. The van der Waals surface area contributed by atoms with E-state index >= 15 is 0 Å².